The molecule has 11 heavy (non-hydrogen) atoms. The van der Waals surface area contributed by atoms with Crippen LogP contribution in [0.1, 0.15) is 38.5 Å². The quantitative estimate of drug-likeness (QED) is 0.495. The van der Waals surface area contributed by atoms with Crippen molar-refractivity contribution in [3.05, 3.63) is 0 Å². The van der Waals surface area contributed by atoms with E-state index in [-0.39, 0.29) is 0 Å². The van der Waals surface area contributed by atoms with Gasteiger partial charge in [0.1, 0.15) is 0 Å². The number of rotatable bonds is 0. The predicted molar refractivity (Wildman–Crippen MR) is 44.1 cm³/mol. The third-order valence-corrected chi connectivity index (χ3v) is 5.69. The lowest BCUT2D eigenvalue weighted by atomic mass is 9.77. The van der Waals surface area contributed by atoms with E-state index in [0.29, 0.717) is 0 Å². The highest BCUT2D eigenvalue weighted by Crippen LogP contribution is 2.76. The fourth-order valence-corrected chi connectivity index (χ4v) is 5.46. The highest BCUT2D eigenvalue weighted by molar-refractivity contribution is 5.17. The molecule has 0 aromatic rings. The zero-order chi connectivity index (χ0) is 7.05. The first kappa shape index (κ1) is 5.61. The van der Waals surface area contributed by atoms with Crippen LogP contribution >= 0.6 is 0 Å². The van der Waals surface area contributed by atoms with Gasteiger partial charge in [0, 0.05) is 0 Å². The van der Waals surface area contributed by atoms with Crippen LogP contribution in [0.25, 0.3) is 0 Å². The molecule has 4 fully saturated rings. The SMILES string of the molecule is C1CC23CCC4CC2C1CC43. The molecule has 60 valence electrons. The van der Waals surface area contributed by atoms with E-state index in [4.69, 9.17) is 0 Å². The van der Waals surface area contributed by atoms with E-state index < -0.39 is 0 Å². The summed E-state index contributed by atoms with van der Waals surface area (Å²) in [6, 6.07) is 0. The van der Waals surface area contributed by atoms with Gasteiger partial charge in [-0.05, 0) is 67.6 Å². The lowest BCUT2D eigenvalue weighted by Crippen LogP contribution is -2.19. The van der Waals surface area contributed by atoms with Gasteiger partial charge < -0.3 is 0 Å². The van der Waals surface area contributed by atoms with E-state index in [2.05, 4.69) is 0 Å². The molecule has 0 amide bonds. The minimum atomic E-state index is 0.954. The van der Waals surface area contributed by atoms with Gasteiger partial charge in [-0.1, -0.05) is 0 Å². The molecule has 0 heteroatoms. The van der Waals surface area contributed by atoms with E-state index in [9.17, 15) is 0 Å². The second-order valence-electron chi connectivity index (χ2n) is 5.52. The van der Waals surface area contributed by atoms with Gasteiger partial charge in [-0.15, -0.1) is 0 Å². The molecule has 0 N–H and O–H groups in total. The van der Waals surface area contributed by atoms with Crippen molar-refractivity contribution in [2.45, 2.75) is 38.5 Å². The van der Waals surface area contributed by atoms with Gasteiger partial charge in [-0.2, -0.15) is 0 Å². The van der Waals surface area contributed by atoms with Crippen molar-refractivity contribution in [1.29, 1.82) is 0 Å². The second kappa shape index (κ2) is 1.41. The molecule has 0 aromatic carbocycles. The normalized spacial score (nSPS) is 69.8. The second-order valence-corrected chi connectivity index (χ2v) is 5.52. The molecule has 4 atom stereocenters. The van der Waals surface area contributed by atoms with Gasteiger partial charge in [0.2, 0.25) is 0 Å². The summed E-state index contributed by atoms with van der Waals surface area (Å²) in [6.45, 7) is 0. The summed E-state index contributed by atoms with van der Waals surface area (Å²) in [4.78, 5) is 0. The lowest BCUT2D eigenvalue weighted by molar-refractivity contribution is 0.217. The molecule has 0 nitrogen and oxygen atoms in total. The summed E-state index contributed by atoms with van der Waals surface area (Å²) in [7, 11) is 0. The van der Waals surface area contributed by atoms with Crippen molar-refractivity contribution < 1.29 is 0 Å². The van der Waals surface area contributed by atoms with Gasteiger partial charge >= 0.3 is 0 Å². The highest BCUT2D eigenvalue weighted by atomic mass is 14.7. The van der Waals surface area contributed by atoms with Gasteiger partial charge in [0.05, 0.1) is 0 Å². The molecule has 4 rings (SSSR count). The minimum absolute atomic E-state index is 0.954. The summed E-state index contributed by atoms with van der Waals surface area (Å²) in [5, 5.41) is 0. The van der Waals surface area contributed by atoms with Crippen LogP contribution in [-0.2, 0) is 0 Å². The van der Waals surface area contributed by atoms with Crippen molar-refractivity contribution in [2.75, 3.05) is 0 Å². The lowest BCUT2D eigenvalue weighted by Gasteiger charge is -2.27. The van der Waals surface area contributed by atoms with Crippen molar-refractivity contribution in [2.24, 2.45) is 29.1 Å². The van der Waals surface area contributed by atoms with Crippen molar-refractivity contribution in [3.8, 4) is 0 Å². The summed E-state index contributed by atoms with van der Waals surface area (Å²) in [5.74, 6) is 4.87. The molecule has 4 aliphatic rings. The number of hydrogen-bond donors (Lipinski definition) is 0. The van der Waals surface area contributed by atoms with Gasteiger partial charge in [-0.25, -0.2) is 0 Å². The van der Waals surface area contributed by atoms with Gasteiger partial charge in [-0.3, -0.25) is 0 Å². The maximum atomic E-state index is 1.65. The van der Waals surface area contributed by atoms with Gasteiger partial charge in [0.15, 0.2) is 0 Å². The monoisotopic (exact) mass is 148 g/mol. The van der Waals surface area contributed by atoms with E-state index >= 15 is 0 Å². The van der Waals surface area contributed by atoms with Crippen molar-refractivity contribution in [3.63, 3.8) is 0 Å². The summed E-state index contributed by atoms with van der Waals surface area (Å²) < 4.78 is 0. The minimum Gasteiger partial charge on any atom is -0.0496 e. The third kappa shape index (κ3) is 0.400. The van der Waals surface area contributed by atoms with Crippen LogP contribution in [0.5, 0.6) is 0 Å². The average molecular weight is 148 g/mol. The molecule has 0 radical (unpaired) electrons. The Morgan fingerprint density at radius 1 is 0.818 bits per heavy atom. The van der Waals surface area contributed by atoms with Crippen LogP contribution in [0.2, 0.25) is 0 Å². The highest BCUT2D eigenvalue weighted by Gasteiger charge is 2.68. The van der Waals surface area contributed by atoms with Crippen LogP contribution in [0.15, 0.2) is 0 Å². The molecular weight excluding hydrogens is 132 g/mol. The van der Waals surface area contributed by atoms with Gasteiger partial charge in [0.25, 0.3) is 0 Å². The molecular formula is C11H16. The summed E-state index contributed by atoms with van der Waals surface area (Å²) in [6.07, 6.45) is 9.76. The van der Waals surface area contributed by atoms with E-state index in [1.165, 1.54) is 23.7 Å². The largest absolute Gasteiger partial charge is 0.0496 e. The average Bonchev–Trinajstić information content (AvgIpc) is 2.72. The Labute approximate surface area is 68.4 Å². The Morgan fingerprint density at radius 2 is 1.36 bits per heavy atom. The van der Waals surface area contributed by atoms with Crippen LogP contribution in [0, 0.1) is 29.1 Å². The zero-order valence-electron chi connectivity index (χ0n) is 7.05. The number of hydrogen-bond acceptors (Lipinski definition) is 0. The van der Waals surface area contributed by atoms with Crippen molar-refractivity contribution in [1.82, 2.24) is 0 Å². The molecule has 4 aliphatic carbocycles. The maximum Gasteiger partial charge on any atom is -0.0235 e. The fourth-order valence-electron chi connectivity index (χ4n) is 5.46. The Kier molecular flexibility index (Phi) is 0.717. The van der Waals surface area contributed by atoms with E-state index in [1.54, 1.807) is 38.5 Å². The molecule has 0 aromatic heterocycles. The third-order valence-electron chi connectivity index (χ3n) is 5.69. The smallest absolute Gasteiger partial charge is 0.0235 e. The van der Waals surface area contributed by atoms with Crippen LogP contribution in [0.4, 0.5) is 0 Å². The standard InChI is InChI=1S/C11H16/c1-3-11-4-2-8-6-9(11)7(1)5-10(8)11/h7-10H,1-6H2. The van der Waals surface area contributed by atoms with E-state index in [0.717, 1.165) is 5.41 Å². The first-order valence-corrected chi connectivity index (χ1v) is 5.40. The zero-order valence-corrected chi connectivity index (χ0v) is 7.05. The molecule has 4 unspecified atom stereocenters. The maximum absolute atomic E-state index is 1.65. The first-order chi connectivity index (χ1) is 5.40. The van der Waals surface area contributed by atoms with Crippen LogP contribution in [0.3, 0.4) is 0 Å². The Morgan fingerprint density at radius 3 is 1.82 bits per heavy atom. The van der Waals surface area contributed by atoms with Crippen LogP contribution < -0.4 is 0 Å². The Hall–Kier alpha value is 0. The molecule has 0 aliphatic heterocycles. The summed E-state index contributed by atoms with van der Waals surface area (Å²) >= 11 is 0. The Bertz CT molecular complexity index is 194. The molecule has 4 saturated carbocycles. The molecule has 0 saturated heterocycles. The van der Waals surface area contributed by atoms with Crippen molar-refractivity contribution >= 4 is 0 Å². The fraction of sp³-hybridized carbons (Fsp3) is 1.00. The van der Waals surface area contributed by atoms with Crippen LogP contribution in [-0.4, -0.2) is 0 Å². The molecule has 5 bridgehead atoms. The predicted octanol–water partition coefficient (Wildman–Crippen LogP) is 2.83. The first-order valence-electron chi connectivity index (χ1n) is 5.40. The Balaban J connectivity index is 1.94. The molecule has 1 spiro atoms. The molecule has 0 heterocycles. The topological polar surface area (TPSA) is 0 Å². The summed E-state index contributed by atoms with van der Waals surface area (Å²) in [5.41, 5.74) is 0.954. The van der Waals surface area contributed by atoms with E-state index in [1.807, 2.05) is 0 Å².